The van der Waals surface area contributed by atoms with Gasteiger partial charge in [0.25, 0.3) is 0 Å². The molecular weight excluding hydrogens is 324 g/mol. The lowest BCUT2D eigenvalue weighted by molar-refractivity contribution is 0.571. The van der Waals surface area contributed by atoms with Crippen LogP contribution in [-0.4, -0.2) is 9.78 Å². The normalized spacial score (nSPS) is 14.4. The van der Waals surface area contributed by atoms with Gasteiger partial charge in [0, 0.05) is 17.4 Å². The first-order chi connectivity index (χ1) is 9.00. The molecule has 4 heteroatoms. The second-order valence-electron chi connectivity index (χ2n) is 4.97. The molecular formula is C15H18BrClN2. The first-order valence-electron chi connectivity index (χ1n) is 6.37. The minimum atomic E-state index is 0.323. The fraction of sp³-hybridized carbons (Fsp3) is 0.400. The van der Waals surface area contributed by atoms with Gasteiger partial charge in [-0.25, -0.2) is 0 Å². The van der Waals surface area contributed by atoms with Crippen LogP contribution in [0.15, 0.2) is 30.3 Å². The minimum Gasteiger partial charge on any atom is -0.257 e. The largest absolute Gasteiger partial charge is 0.257 e. The van der Waals surface area contributed by atoms with Crippen LogP contribution in [0.2, 0.25) is 5.15 Å². The van der Waals surface area contributed by atoms with Crippen molar-refractivity contribution in [3.8, 4) is 0 Å². The van der Waals surface area contributed by atoms with Gasteiger partial charge in [-0.15, -0.1) is 0 Å². The monoisotopic (exact) mass is 340 g/mol. The zero-order valence-electron chi connectivity index (χ0n) is 11.4. The Kier molecular flexibility index (Phi) is 4.69. The Balaban J connectivity index is 2.15. The van der Waals surface area contributed by atoms with Crippen molar-refractivity contribution in [2.75, 3.05) is 0 Å². The number of hydrogen-bond donors (Lipinski definition) is 0. The summed E-state index contributed by atoms with van der Waals surface area (Å²) in [6.07, 6.45) is 0.920. The predicted octanol–water partition coefficient (Wildman–Crippen LogP) is 4.70. The van der Waals surface area contributed by atoms with E-state index in [4.69, 9.17) is 11.6 Å². The molecule has 0 saturated carbocycles. The number of benzene rings is 1. The summed E-state index contributed by atoms with van der Waals surface area (Å²) in [6, 6.07) is 10.5. The van der Waals surface area contributed by atoms with Crippen molar-refractivity contribution in [3.63, 3.8) is 0 Å². The van der Waals surface area contributed by atoms with Gasteiger partial charge in [0.15, 0.2) is 0 Å². The molecule has 0 aliphatic rings. The van der Waals surface area contributed by atoms with Gasteiger partial charge >= 0.3 is 0 Å². The molecule has 1 aromatic carbocycles. The Morgan fingerprint density at radius 2 is 1.95 bits per heavy atom. The molecule has 102 valence electrons. The molecule has 0 radical (unpaired) electrons. The topological polar surface area (TPSA) is 17.8 Å². The van der Waals surface area contributed by atoms with Crippen LogP contribution in [0.25, 0.3) is 0 Å². The van der Waals surface area contributed by atoms with Crippen LogP contribution in [0.3, 0.4) is 0 Å². The molecule has 0 N–H and O–H groups in total. The molecule has 1 aromatic heterocycles. The molecule has 2 aromatic rings. The van der Waals surface area contributed by atoms with E-state index in [2.05, 4.69) is 52.2 Å². The van der Waals surface area contributed by atoms with Crippen LogP contribution in [0.5, 0.6) is 0 Å². The zero-order valence-corrected chi connectivity index (χ0v) is 13.7. The Morgan fingerprint density at radius 1 is 1.32 bits per heavy atom. The van der Waals surface area contributed by atoms with E-state index in [9.17, 15) is 0 Å². The van der Waals surface area contributed by atoms with Gasteiger partial charge in [-0.2, -0.15) is 5.10 Å². The third-order valence-electron chi connectivity index (χ3n) is 3.41. The highest BCUT2D eigenvalue weighted by Gasteiger charge is 2.20. The number of aromatic nitrogens is 2. The number of nitrogens with zero attached hydrogens (tertiary/aromatic N) is 2. The van der Waals surface area contributed by atoms with E-state index < -0.39 is 0 Å². The first kappa shape index (κ1) is 14.6. The second kappa shape index (κ2) is 6.10. The minimum absolute atomic E-state index is 0.323. The van der Waals surface area contributed by atoms with Gasteiger partial charge in [-0.05, 0) is 24.8 Å². The molecule has 2 nitrogen and oxygen atoms in total. The molecule has 0 aliphatic heterocycles. The number of alkyl halides is 1. The van der Waals surface area contributed by atoms with Gasteiger partial charge in [0.1, 0.15) is 5.15 Å². The maximum Gasteiger partial charge on any atom is 0.130 e. The lowest BCUT2D eigenvalue weighted by atomic mass is 9.94. The maximum atomic E-state index is 6.29. The van der Waals surface area contributed by atoms with Crippen LogP contribution in [0, 0.1) is 12.8 Å². The number of aryl methyl sites for hydroxylation is 2. The van der Waals surface area contributed by atoms with Crippen molar-refractivity contribution in [1.82, 2.24) is 9.78 Å². The lowest BCUT2D eigenvalue weighted by Gasteiger charge is -2.18. The van der Waals surface area contributed by atoms with Crippen molar-refractivity contribution in [2.45, 2.75) is 25.1 Å². The molecule has 0 saturated heterocycles. The molecule has 2 rings (SSSR count). The smallest absolute Gasteiger partial charge is 0.130 e. The third kappa shape index (κ3) is 3.21. The van der Waals surface area contributed by atoms with Gasteiger partial charge in [-0.3, -0.25) is 4.68 Å². The summed E-state index contributed by atoms with van der Waals surface area (Å²) in [5.74, 6) is 0.447. The predicted molar refractivity (Wildman–Crippen MR) is 83.9 cm³/mol. The van der Waals surface area contributed by atoms with E-state index in [-0.39, 0.29) is 0 Å². The van der Waals surface area contributed by atoms with Crippen LogP contribution < -0.4 is 0 Å². The van der Waals surface area contributed by atoms with E-state index >= 15 is 0 Å². The molecule has 19 heavy (non-hydrogen) atoms. The number of halogens is 2. The van der Waals surface area contributed by atoms with E-state index in [0.29, 0.717) is 10.7 Å². The van der Waals surface area contributed by atoms with Crippen molar-refractivity contribution < 1.29 is 0 Å². The summed E-state index contributed by atoms with van der Waals surface area (Å²) >= 11 is 10.1. The SMILES string of the molecule is Cc1nn(C)c(Cl)c1CC(C)C(Br)c1ccccc1. The summed E-state index contributed by atoms with van der Waals surface area (Å²) in [6.45, 7) is 4.24. The average Bonchev–Trinajstić information content (AvgIpc) is 2.65. The summed E-state index contributed by atoms with van der Waals surface area (Å²) < 4.78 is 1.74. The Labute approximate surface area is 127 Å². The molecule has 0 aliphatic carbocycles. The Bertz CT molecular complexity index is 551. The van der Waals surface area contributed by atoms with Crippen LogP contribution >= 0.6 is 27.5 Å². The van der Waals surface area contributed by atoms with Gasteiger partial charge in [0.05, 0.1) is 5.69 Å². The summed E-state index contributed by atoms with van der Waals surface area (Å²) in [4.78, 5) is 0.323. The van der Waals surface area contributed by atoms with Gasteiger partial charge in [-0.1, -0.05) is 64.8 Å². The summed E-state index contributed by atoms with van der Waals surface area (Å²) in [5.41, 5.74) is 3.47. The molecule has 0 amide bonds. The van der Waals surface area contributed by atoms with Gasteiger partial charge in [0.2, 0.25) is 0 Å². The number of hydrogen-bond acceptors (Lipinski definition) is 1. The molecule has 0 bridgehead atoms. The fourth-order valence-corrected chi connectivity index (χ4v) is 3.04. The third-order valence-corrected chi connectivity index (χ3v) is 5.32. The summed E-state index contributed by atoms with van der Waals surface area (Å²) in [5, 5.41) is 5.11. The molecule has 0 spiro atoms. The van der Waals surface area contributed by atoms with Crippen LogP contribution in [-0.2, 0) is 13.5 Å². The van der Waals surface area contributed by atoms with Crippen molar-refractivity contribution in [2.24, 2.45) is 13.0 Å². The zero-order chi connectivity index (χ0) is 14.0. The fourth-order valence-electron chi connectivity index (χ4n) is 2.30. The number of rotatable bonds is 4. The van der Waals surface area contributed by atoms with E-state index in [1.165, 1.54) is 5.56 Å². The maximum absolute atomic E-state index is 6.29. The second-order valence-corrected chi connectivity index (χ2v) is 6.32. The molecule has 0 fully saturated rings. The van der Waals surface area contributed by atoms with E-state index in [1.807, 2.05) is 20.0 Å². The standard InChI is InChI=1S/C15H18BrClN2/c1-10(14(16)12-7-5-4-6-8-12)9-13-11(2)18-19(3)15(13)17/h4-8,10,14H,9H2,1-3H3. The van der Waals surface area contributed by atoms with E-state index in [1.54, 1.807) is 4.68 Å². The lowest BCUT2D eigenvalue weighted by Crippen LogP contribution is -2.08. The Morgan fingerprint density at radius 3 is 2.47 bits per heavy atom. The Hall–Kier alpha value is -0.800. The highest BCUT2D eigenvalue weighted by molar-refractivity contribution is 9.09. The highest BCUT2D eigenvalue weighted by Crippen LogP contribution is 2.34. The highest BCUT2D eigenvalue weighted by atomic mass is 79.9. The molecule has 1 heterocycles. The quantitative estimate of drug-likeness (QED) is 0.737. The van der Waals surface area contributed by atoms with Crippen LogP contribution in [0.1, 0.15) is 28.6 Å². The van der Waals surface area contributed by atoms with Crippen LogP contribution in [0.4, 0.5) is 0 Å². The molecule has 2 unspecified atom stereocenters. The van der Waals surface area contributed by atoms with Crippen molar-refractivity contribution >= 4 is 27.5 Å². The summed E-state index contributed by atoms with van der Waals surface area (Å²) in [7, 11) is 1.88. The van der Waals surface area contributed by atoms with Gasteiger partial charge < -0.3 is 0 Å². The molecule has 2 atom stereocenters. The average molecular weight is 342 g/mol. The van der Waals surface area contributed by atoms with Crippen molar-refractivity contribution in [3.05, 3.63) is 52.3 Å². The van der Waals surface area contributed by atoms with E-state index in [0.717, 1.165) is 22.8 Å². The van der Waals surface area contributed by atoms with Crippen molar-refractivity contribution in [1.29, 1.82) is 0 Å². The first-order valence-corrected chi connectivity index (χ1v) is 7.67.